The Kier molecular flexibility index (Phi) is 3.38. The summed E-state index contributed by atoms with van der Waals surface area (Å²) in [5.74, 6) is 1.02. The summed E-state index contributed by atoms with van der Waals surface area (Å²) in [6.45, 7) is 1.52. The summed E-state index contributed by atoms with van der Waals surface area (Å²) in [5, 5.41) is 9.40. The topological polar surface area (TPSA) is 93.0 Å². The first-order chi connectivity index (χ1) is 11.2. The van der Waals surface area contributed by atoms with Crippen molar-refractivity contribution in [2.24, 2.45) is 0 Å². The summed E-state index contributed by atoms with van der Waals surface area (Å²) in [6, 6.07) is 8.12. The molecule has 1 atom stereocenters. The van der Waals surface area contributed by atoms with Crippen molar-refractivity contribution in [2.75, 3.05) is 24.3 Å². The Morgan fingerprint density at radius 3 is 2.83 bits per heavy atom. The monoisotopic (exact) mass is 328 g/mol. The molecule has 0 bridgehead atoms. The zero-order valence-electron chi connectivity index (χ0n) is 12.6. The van der Waals surface area contributed by atoms with Gasteiger partial charge in [0.05, 0.1) is 31.4 Å². The number of nitrogens with one attached hydrogen (secondary N) is 1. The summed E-state index contributed by atoms with van der Waals surface area (Å²) in [5.41, 5.74) is 9.11. The van der Waals surface area contributed by atoms with E-state index in [0.29, 0.717) is 5.13 Å². The van der Waals surface area contributed by atoms with Gasteiger partial charge in [0, 0.05) is 12.5 Å². The van der Waals surface area contributed by atoms with Crippen LogP contribution < -0.4 is 15.4 Å². The summed E-state index contributed by atoms with van der Waals surface area (Å²) >= 11 is 1.40. The van der Waals surface area contributed by atoms with E-state index in [2.05, 4.69) is 37.2 Å². The van der Waals surface area contributed by atoms with Crippen molar-refractivity contribution in [1.29, 1.82) is 0 Å². The number of aromatic nitrogens is 4. The lowest BCUT2D eigenvalue weighted by Crippen LogP contribution is -2.34. The van der Waals surface area contributed by atoms with Gasteiger partial charge in [-0.05, 0) is 17.7 Å². The fraction of sp³-hybridized carbons (Fsp3) is 0.267. The normalized spacial score (nSPS) is 17.1. The molecule has 0 saturated carbocycles. The molecular weight excluding hydrogens is 312 g/mol. The van der Waals surface area contributed by atoms with Gasteiger partial charge < -0.3 is 20.4 Å². The van der Waals surface area contributed by atoms with Gasteiger partial charge in [0.1, 0.15) is 5.75 Å². The Morgan fingerprint density at radius 2 is 2.13 bits per heavy atom. The smallest absolute Gasteiger partial charge is 0.210 e. The molecule has 0 radical (unpaired) electrons. The van der Waals surface area contributed by atoms with Crippen LogP contribution in [0.25, 0.3) is 0 Å². The lowest BCUT2D eigenvalue weighted by Gasteiger charge is -2.31. The molecule has 1 aliphatic heterocycles. The highest BCUT2D eigenvalue weighted by molar-refractivity contribution is 7.18. The van der Waals surface area contributed by atoms with Crippen LogP contribution in [0.3, 0.4) is 0 Å². The second kappa shape index (κ2) is 5.54. The van der Waals surface area contributed by atoms with E-state index in [4.69, 9.17) is 10.5 Å². The number of imidazole rings is 1. The minimum absolute atomic E-state index is 0.168. The molecule has 3 aromatic rings. The summed E-state index contributed by atoms with van der Waals surface area (Å²) < 4.78 is 5.24. The number of ether oxygens (including phenoxy) is 1. The molecule has 0 amide bonds. The van der Waals surface area contributed by atoms with Gasteiger partial charge in [-0.15, -0.1) is 10.2 Å². The number of fused-ring (bicyclic) bond motifs is 1. The van der Waals surface area contributed by atoms with Gasteiger partial charge in [-0.25, -0.2) is 4.98 Å². The molecule has 1 unspecified atom stereocenters. The number of nitrogens with zero attached hydrogens (tertiary/aromatic N) is 4. The molecule has 7 nitrogen and oxygen atoms in total. The van der Waals surface area contributed by atoms with Gasteiger partial charge in [0.2, 0.25) is 10.3 Å². The Balaban J connectivity index is 1.70. The van der Waals surface area contributed by atoms with Crippen molar-refractivity contribution in [1.82, 2.24) is 20.2 Å². The fourth-order valence-electron chi connectivity index (χ4n) is 2.92. The molecular formula is C15H16N6OS. The number of anilines is 2. The first kappa shape index (κ1) is 14.0. The van der Waals surface area contributed by atoms with Gasteiger partial charge in [-0.1, -0.05) is 23.5 Å². The van der Waals surface area contributed by atoms with E-state index in [1.807, 2.05) is 12.1 Å². The van der Waals surface area contributed by atoms with Crippen LogP contribution in [0, 0.1) is 0 Å². The molecule has 118 valence electrons. The molecule has 23 heavy (non-hydrogen) atoms. The predicted molar refractivity (Wildman–Crippen MR) is 88.8 cm³/mol. The van der Waals surface area contributed by atoms with Crippen molar-refractivity contribution in [3.05, 3.63) is 47.5 Å². The Morgan fingerprint density at radius 1 is 1.30 bits per heavy atom. The van der Waals surface area contributed by atoms with Crippen molar-refractivity contribution in [3.63, 3.8) is 0 Å². The maximum absolute atomic E-state index is 5.72. The number of hydrogen-bond acceptors (Lipinski definition) is 7. The summed E-state index contributed by atoms with van der Waals surface area (Å²) in [6.07, 6.45) is 1.75. The molecule has 0 saturated heterocycles. The average Bonchev–Trinajstić information content (AvgIpc) is 3.22. The Bertz CT molecular complexity index is 811. The minimum atomic E-state index is 0.168. The highest BCUT2D eigenvalue weighted by atomic mass is 32.1. The van der Waals surface area contributed by atoms with Crippen LogP contribution in [0.1, 0.15) is 22.9 Å². The zero-order valence-corrected chi connectivity index (χ0v) is 13.4. The van der Waals surface area contributed by atoms with E-state index in [1.54, 1.807) is 13.4 Å². The highest BCUT2D eigenvalue weighted by Crippen LogP contribution is 2.35. The fourth-order valence-corrected chi connectivity index (χ4v) is 3.54. The maximum atomic E-state index is 5.72. The average molecular weight is 328 g/mol. The highest BCUT2D eigenvalue weighted by Gasteiger charge is 2.30. The molecule has 0 spiro atoms. The number of nitrogens with two attached hydrogens (primary N) is 1. The molecule has 8 heteroatoms. The first-order valence-electron chi connectivity index (χ1n) is 7.24. The molecule has 0 fully saturated rings. The van der Waals surface area contributed by atoms with Crippen molar-refractivity contribution in [2.45, 2.75) is 12.5 Å². The number of nitrogen functional groups attached to an aromatic ring is 1. The van der Waals surface area contributed by atoms with E-state index < -0.39 is 0 Å². The number of methoxy groups -OCH3 is 1. The van der Waals surface area contributed by atoms with Crippen molar-refractivity contribution in [3.8, 4) is 5.75 Å². The Labute approximate surface area is 137 Å². The zero-order chi connectivity index (χ0) is 15.8. The van der Waals surface area contributed by atoms with E-state index >= 15 is 0 Å². The van der Waals surface area contributed by atoms with Gasteiger partial charge in [-0.2, -0.15) is 0 Å². The van der Waals surface area contributed by atoms with E-state index in [1.165, 1.54) is 16.9 Å². The summed E-state index contributed by atoms with van der Waals surface area (Å²) in [7, 11) is 1.67. The van der Waals surface area contributed by atoms with Gasteiger partial charge in [-0.3, -0.25) is 0 Å². The number of H-pyrrole nitrogens is 1. The van der Waals surface area contributed by atoms with Crippen LogP contribution in [0.15, 0.2) is 30.6 Å². The number of hydrogen-bond donors (Lipinski definition) is 2. The SMILES string of the molecule is COc1ccc(C2CN(c3nnc(N)s3)Cc3[nH]cnc32)cc1. The lowest BCUT2D eigenvalue weighted by molar-refractivity contribution is 0.414. The second-order valence-corrected chi connectivity index (χ2v) is 6.38. The van der Waals surface area contributed by atoms with Gasteiger partial charge in [0.15, 0.2) is 0 Å². The van der Waals surface area contributed by atoms with E-state index in [0.717, 1.165) is 35.4 Å². The van der Waals surface area contributed by atoms with Gasteiger partial charge in [0.25, 0.3) is 0 Å². The molecule has 3 N–H and O–H groups in total. The number of rotatable bonds is 3. The molecule has 2 aromatic heterocycles. The number of benzene rings is 1. The maximum Gasteiger partial charge on any atom is 0.210 e. The van der Waals surface area contributed by atoms with Gasteiger partial charge >= 0.3 is 0 Å². The third-order valence-corrected chi connectivity index (χ3v) is 4.87. The third-order valence-electron chi connectivity index (χ3n) is 4.05. The first-order valence-corrected chi connectivity index (χ1v) is 8.06. The minimum Gasteiger partial charge on any atom is -0.497 e. The van der Waals surface area contributed by atoms with Crippen LogP contribution >= 0.6 is 11.3 Å². The van der Waals surface area contributed by atoms with Crippen molar-refractivity contribution >= 4 is 21.6 Å². The second-order valence-electron chi connectivity index (χ2n) is 5.40. The van der Waals surface area contributed by atoms with E-state index in [9.17, 15) is 0 Å². The lowest BCUT2D eigenvalue weighted by atomic mass is 9.91. The van der Waals surface area contributed by atoms with Crippen LogP contribution in [0.4, 0.5) is 10.3 Å². The van der Waals surface area contributed by atoms with Crippen LogP contribution in [0.5, 0.6) is 5.75 Å². The summed E-state index contributed by atoms with van der Waals surface area (Å²) in [4.78, 5) is 9.94. The van der Waals surface area contributed by atoms with Crippen molar-refractivity contribution < 1.29 is 4.74 Å². The molecule has 1 aliphatic rings. The molecule has 1 aromatic carbocycles. The Hall–Kier alpha value is -2.61. The molecule has 4 rings (SSSR count). The largest absolute Gasteiger partial charge is 0.497 e. The van der Waals surface area contributed by atoms with Crippen LogP contribution in [0.2, 0.25) is 0 Å². The van der Waals surface area contributed by atoms with E-state index in [-0.39, 0.29) is 5.92 Å². The van der Waals surface area contributed by atoms with Crippen LogP contribution in [-0.2, 0) is 6.54 Å². The quantitative estimate of drug-likeness (QED) is 0.764. The standard InChI is InChI=1S/C15H16N6OS/c1-22-10-4-2-9(3-5-10)11-6-21(15-20-19-14(16)23-15)7-12-13(11)18-8-17-12/h2-5,8,11H,6-7H2,1H3,(H2,16,19)(H,17,18). The van der Waals surface area contributed by atoms with Crippen LogP contribution in [-0.4, -0.2) is 33.8 Å². The molecule has 0 aliphatic carbocycles. The predicted octanol–water partition coefficient (Wildman–Crippen LogP) is 2.00. The molecule has 3 heterocycles. The third kappa shape index (κ3) is 2.50. The number of aromatic amines is 1.